The predicted molar refractivity (Wildman–Crippen MR) is 154 cm³/mol. The van der Waals surface area contributed by atoms with Crippen LogP contribution >= 0.6 is 0 Å². The summed E-state index contributed by atoms with van der Waals surface area (Å²) in [5, 5.41) is 0. The zero-order valence-electron chi connectivity index (χ0n) is 24.1. The maximum absolute atomic E-state index is 13.0. The molecule has 0 saturated heterocycles. The lowest BCUT2D eigenvalue weighted by atomic mass is 9.74. The van der Waals surface area contributed by atoms with Crippen molar-refractivity contribution in [3.05, 3.63) is 70.8 Å². The van der Waals surface area contributed by atoms with Gasteiger partial charge in [0.05, 0.1) is 13.2 Å². The van der Waals surface area contributed by atoms with Crippen LogP contribution in [0.1, 0.15) is 91.1 Å². The summed E-state index contributed by atoms with van der Waals surface area (Å²) in [4.78, 5) is 62.2. The number of aryl methyl sites for hydroxylation is 2. The number of fused-ring (bicyclic) bond motifs is 2. The summed E-state index contributed by atoms with van der Waals surface area (Å²) >= 11 is 0. The van der Waals surface area contributed by atoms with Gasteiger partial charge in [0.15, 0.2) is 11.6 Å². The Morgan fingerprint density at radius 1 is 0.780 bits per heavy atom. The van der Waals surface area contributed by atoms with Crippen LogP contribution in [0.15, 0.2) is 48.5 Å². The van der Waals surface area contributed by atoms with Crippen LogP contribution < -0.4 is 0 Å². The highest BCUT2D eigenvalue weighted by molar-refractivity contribution is 6.15. The minimum Gasteiger partial charge on any atom is -0.465 e. The third-order valence-corrected chi connectivity index (χ3v) is 7.78. The van der Waals surface area contributed by atoms with Gasteiger partial charge >= 0.3 is 11.9 Å². The van der Waals surface area contributed by atoms with Gasteiger partial charge in [-0.15, -0.1) is 12.3 Å². The number of carbonyl (C=O) groups excluding carboxylic acids is 5. The van der Waals surface area contributed by atoms with Crippen molar-refractivity contribution in [3.63, 3.8) is 0 Å². The summed E-state index contributed by atoms with van der Waals surface area (Å²) in [5.74, 6) is 0.794. The van der Waals surface area contributed by atoms with E-state index in [-0.39, 0.29) is 43.4 Å². The molecule has 0 saturated carbocycles. The molecule has 7 nitrogen and oxygen atoms in total. The Labute approximate surface area is 242 Å². The van der Waals surface area contributed by atoms with Gasteiger partial charge in [0, 0.05) is 24.0 Å². The molecule has 0 spiro atoms. The minimum absolute atomic E-state index is 0.0843. The predicted octanol–water partition coefficient (Wildman–Crippen LogP) is 5.51. The summed E-state index contributed by atoms with van der Waals surface area (Å²) in [5.41, 5.74) is 0.516. The molecule has 2 atom stereocenters. The van der Waals surface area contributed by atoms with E-state index in [1.807, 2.05) is 30.3 Å². The summed E-state index contributed by atoms with van der Waals surface area (Å²) in [6.07, 6.45) is 9.19. The first-order chi connectivity index (χ1) is 19.7. The molecule has 7 heteroatoms. The summed E-state index contributed by atoms with van der Waals surface area (Å²) in [7, 11) is 0. The highest BCUT2D eigenvalue weighted by atomic mass is 16.5. The Morgan fingerprint density at radius 2 is 1.22 bits per heavy atom. The number of ether oxygens (including phenoxy) is 2. The van der Waals surface area contributed by atoms with E-state index in [9.17, 15) is 24.0 Å². The molecular formula is C34H38O7. The Balaban J connectivity index is 0.000000226. The molecule has 2 aliphatic rings. The molecular weight excluding hydrogens is 520 g/mol. The van der Waals surface area contributed by atoms with Crippen molar-refractivity contribution in [2.24, 2.45) is 10.8 Å². The van der Waals surface area contributed by atoms with Crippen LogP contribution in [0.3, 0.4) is 0 Å². The van der Waals surface area contributed by atoms with Gasteiger partial charge in [-0.25, -0.2) is 0 Å². The van der Waals surface area contributed by atoms with Crippen LogP contribution in [-0.2, 0) is 36.7 Å². The van der Waals surface area contributed by atoms with Crippen LogP contribution in [0, 0.1) is 23.2 Å². The minimum atomic E-state index is -1.35. The van der Waals surface area contributed by atoms with Gasteiger partial charge in [-0.1, -0.05) is 48.5 Å². The normalized spacial score (nSPS) is 21.4. The smallest absolute Gasteiger partial charge is 0.320 e. The van der Waals surface area contributed by atoms with Gasteiger partial charge in [-0.2, -0.15) is 0 Å². The Bertz CT molecular complexity index is 1350. The molecule has 0 unspecified atom stereocenters. The fourth-order valence-electron chi connectivity index (χ4n) is 5.83. The van der Waals surface area contributed by atoms with Crippen LogP contribution in [0.2, 0.25) is 0 Å². The standard InChI is InChI=1S/C17H20O4.C17H18O3/c1-3-21-16(20)17(11-12(2)18)10-6-8-13-7-4-5-9-14(13)15(17)19;1-3-11-17(16(19)20-4-2)12-7-9-13-8-5-6-10-14(13)15(17)18/h4-5,7,9H,3,6,8,10-11H2,1-2H3;1,5-6,8,10H,4,7,9,11-12H2,2H3/t2*17-/m00/s1. The summed E-state index contributed by atoms with van der Waals surface area (Å²) in [6, 6.07) is 14.7. The number of terminal acetylenes is 1. The highest BCUT2D eigenvalue weighted by Crippen LogP contribution is 2.40. The van der Waals surface area contributed by atoms with Crippen molar-refractivity contribution in [1.29, 1.82) is 0 Å². The van der Waals surface area contributed by atoms with E-state index < -0.39 is 22.8 Å². The van der Waals surface area contributed by atoms with Gasteiger partial charge < -0.3 is 9.47 Å². The van der Waals surface area contributed by atoms with Crippen molar-refractivity contribution in [3.8, 4) is 12.3 Å². The lowest BCUT2D eigenvalue weighted by molar-refractivity contribution is -0.154. The third-order valence-electron chi connectivity index (χ3n) is 7.78. The molecule has 2 aliphatic carbocycles. The Kier molecular flexibility index (Phi) is 10.8. The number of benzene rings is 2. The number of carbonyl (C=O) groups is 5. The molecule has 0 fully saturated rings. The molecule has 0 aliphatic heterocycles. The van der Waals surface area contributed by atoms with E-state index in [1.54, 1.807) is 32.0 Å². The topological polar surface area (TPSA) is 104 Å². The monoisotopic (exact) mass is 558 g/mol. The van der Waals surface area contributed by atoms with Gasteiger partial charge in [0.25, 0.3) is 0 Å². The first-order valence-electron chi connectivity index (χ1n) is 14.2. The largest absolute Gasteiger partial charge is 0.465 e. The van der Waals surface area contributed by atoms with Crippen molar-refractivity contribution in [2.75, 3.05) is 13.2 Å². The summed E-state index contributed by atoms with van der Waals surface area (Å²) < 4.78 is 10.2. The lowest BCUT2D eigenvalue weighted by Gasteiger charge is -2.28. The number of rotatable bonds is 7. The van der Waals surface area contributed by atoms with Gasteiger partial charge in [-0.3, -0.25) is 24.0 Å². The number of esters is 2. The molecule has 0 radical (unpaired) electrons. The van der Waals surface area contributed by atoms with Gasteiger partial charge in [0.1, 0.15) is 16.6 Å². The van der Waals surface area contributed by atoms with E-state index in [1.165, 1.54) is 6.92 Å². The second-order valence-corrected chi connectivity index (χ2v) is 10.5. The zero-order chi connectivity index (χ0) is 30.0. The fraction of sp³-hybridized carbons (Fsp3) is 0.441. The third kappa shape index (κ3) is 6.65. The molecule has 0 heterocycles. The number of hydrogen-bond acceptors (Lipinski definition) is 7. The molecule has 0 N–H and O–H groups in total. The summed E-state index contributed by atoms with van der Waals surface area (Å²) in [6.45, 7) is 5.30. The SMILES string of the molecule is C#CC[C@]1(C(=O)OCC)CCCc2ccccc2C1=O.CCOC(=O)[C@]1(CC(C)=O)CCCc2ccccc2C1=O. The average molecular weight is 559 g/mol. The van der Waals surface area contributed by atoms with E-state index in [0.29, 0.717) is 30.4 Å². The molecule has 2 aromatic rings. The number of hydrogen-bond donors (Lipinski definition) is 0. The highest BCUT2D eigenvalue weighted by Gasteiger charge is 2.50. The molecule has 0 amide bonds. The maximum atomic E-state index is 13.0. The quantitative estimate of drug-likeness (QED) is 0.191. The molecule has 0 bridgehead atoms. The van der Waals surface area contributed by atoms with Crippen LogP contribution in [0.25, 0.3) is 0 Å². The zero-order valence-corrected chi connectivity index (χ0v) is 24.1. The molecule has 4 rings (SSSR count). The van der Waals surface area contributed by atoms with Crippen molar-refractivity contribution in [1.82, 2.24) is 0 Å². The second kappa shape index (κ2) is 14.0. The van der Waals surface area contributed by atoms with E-state index in [4.69, 9.17) is 15.9 Å². The van der Waals surface area contributed by atoms with Crippen LogP contribution in [0.5, 0.6) is 0 Å². The first-order valence-corrected chi connectivity index (χ1v) is 14.2. The van der Waals surface area contributed by atoms with Crippen LogP contribution in [0.4, 0.5) is 0 Å². The first kappa shape index (κ1) is 31.5. The average Bonchev–Trinajstić information content (AvgIpc) is 3.19. The molecule has 0 aromatic heterocycles. The maximum Gasteiger partial charge on any atom is 0.320 e. The number of Topliss-reactive ketones (excluding diaryl/α,β-unsaturated/α-hetero) is 3. The van der Waals surface area contributed by atoms with E-state index in [2.05, 4.69) is 5.92 Å². The van der Waals surface area contributed by atoms with Crippen molar-refractivity contribution < 1.29 is 33.4 Å². The molecule has 2 aromatic carbocycles. The molecule has 216 valence electrons. The fourth-order valence-corrected chi connectivity index (χ4v) is 5.83. The van der Waals surface area contributed by atoms with Gasteiger partial charge in [-0.05, 0) is 70.4 Å². The van der Waals surface area contributed by atoms with E-state index in [0.717, 1.165) is 30.4 Å². The Hall–Kier alpha value is -4.05. The van der Waals surface area contributed by atoms with Crippen molar-refractivity contribution in [2.45, 2.75) is 72.1 Å². The van der Waals surface area contributed by atoms with E-state index >= 15 is 0 Å². The van der Waals surface area contributed by atoms with Crippen molar-refractivity contribution >= 4 is 29.3 Å². The number of ketones is 3. The van der Waals surface area contributed by atoms with Crippen LogP contribution in [-0.4, -0.2) is 42.5 Å². The van der Waals surface area contributed by atoms with Gasteiger partial charge in [0.2, 0.25) is 0 Å². The molecule has 41 heavy (non-hydrogen) atoms. The second-order valence-electron chi connectivity index (χ2n) is 10.5. The lowest BCUT2D eigenvalue weighted by Crippen LogP contribution is -2.42. The Morgan fingerprint density at radius 3 is 1.68 bits per heavy atom.